The summed E-state index contributed by atoms with van der Waals surface area (Å²) in [5.74, 6) is -0.949. The molecule has 0 saturated carbocycles. The molecule has 0 aliphatic heterocycles. The maximum absolute atomic E-state index is 11.4. The molecule has 2 N–H and O–H groups in total. The number of aromatic hydroxyl groups is 1. The van der Waals surface area contributed by atoms with Gasteiger partial charge in [0.05, 0.1) is 4.92 Å². The molecule has 0 saturated heterocycles. The minimum absolute atomic E-state index is 0.0157. The first-order chi connectivity index (χ1) is 9.49. The SMILES string of the molecule is O=c1[nH]c(/C=C\c2ccccc2Cl)nc(O)c1[N+](=O)[O-]. The van der Waals surface area contributed by atoms with Gasteiger partial charge in [0.15, 0.2) is 0 Å². The largest absolute Gasteiger partial charge is 0.488 e. The average molecular weight is 294 g/mol. The topological polar surface area (TPSA) is 109 Å². The molecule has 0 spiro atoms. The van der Waals surface area contributed by atoms with Gasteiger partial charge < -0.3 is 10.1 Å². The summed E-state index contributed by atoms with van der Waals surface area (Å²) in [6.07, 6.45) is 2.94. The smallest absolute Gasteiger partial charge is 0.395 e. The molecule has 0 fully saturated rings. The van der Waals surface area contributed by atoms with E-state index in [1.165, 1.54) is 6.08 Å². The summed E-state index contributed by atoms with van der Waals surface area (Å²) in [6.45, 7) is 0. The van der Waals surface area contributed by atoms with E-state index in [1.54, 1.807) is 30.3 Å². The lowest BCUT2D eigenvalue weighted by Gasteiger charge is -1.98. The van der Waals surface area contributed by atoms with Crippen LogP contribution in [0.2, 0.25) is 5.02 Å². The number of nitrogens with one attached hydrogen (secondary N) is 1. The number of rotatable bonds is 3. The lowest BCUT2D eigenvalue weighted by atomic mass is 10.2. The fourth-order valence-corrected chi connectivity index (χ4v) is 1.69. The number of aromatic nitrogens is 2. The predicted molar refractivity (Wildman–Crippen MR) is 73.6 cm³/mol. The summed E-state index contributed by atoms with van der Waals surface area (Å²) in [5, 5.41) is 20.4. The second-order valence-electron chi connectivity index (χ2n) is 3.74. The number of aromatic amines is 1. The van der Waals surface area contributed by atoms with E-state index < -0.39 is 22.0 Å². The third-order valence-electron chi connectivity index (χ3n) is 2.40. The number of nitro groups is 1. The highest BCUT2D eigenvalue weighted by molar-refractivity contribution is 6.32. The quantitative estimate of drug-likeness (QED) is 0.666. The summed E-state index contributed by atoms with van der Waals surface area (Å²) >= 11 is 5.94. The van der Waals surface area contributed by atoms with Gasteiger partial charge in [-0.2, -0.15) is 4.98 Å². The minimum atomic E-state index is -1.03. The Kier molecular flexibility index (Phi) is 3.81. The zero-order valence-corrected chi connectivity index (χ0v) is 10.7. The van der Waals surface area contributed by atoms with E-state index in [9.17, 15) is 20.0 Å². The third kappa shape index (κ3) is 2.83. The van der Waals surface area contributed by atoms with Gasteiger partial charge in [-0.25, -0.2) is 0 Å². The monoisotopic (exact) mass is 293 g/mol. The molecule has 2 rings (SSSR count). The second-order valence-corrected chi connectivity index (χ2v) is 4.14. The van der Waals surface area contributed by atoms with E-state index in [1.807, 2.05) is 0 Å². The molecule has 7 nitrogen and oxygen atoms in total. The van der Waals surface area contributed by atoms with Crippen LogP contribution in [0.1, 0.15) is 11.4 Å². The van der Waals surface area contributed by atoms with Crippen LogP contribution >= 0.6 is 11.6 Å². The van der Waals surface area contributed by atoms with Crippen LogP contribution in [-0.2, 0) is 0 Å². The van der Waals surface area contributed by atoms with Gasteiger partial charge in [0.2, 0.25) is 0 Å². The van der Waals surface area contributed by atoms with Crippen molar-refractivity contribution in [1.82, 2.24) is 9.97 Å². The first-order valence-electron chi connectivity index (χ1n) is 5.39. The zero-order valence-electron chi connectivity index (χ0n) is 9.91. The lowest BCUT2D eigenvalue weighted by molar-refractivity contribution is -0.387. The van der Waals surface area contributed by atoms with E-state index in [2.05, 4.69) is 9.97 Å². The molecule has 0 amide bonds. The first-order valence-corrected chi connectivity index (χ1v) is 5.77. The Labute approximate surface area is 117 Å². The van der Waals surface area contributed by atoms with Crippen LogP contribution in [0.15, 0.2) is 29.1 Å². The zero-order chi connectivity index (χ0) is 14.7. The van der Waals surface area contributed by atoms with Gasteiger partial charge in [0.1, 0.15) is 5.82 Å². The van der Waals surface area contributed by atoms with Crippen LogP contribution in [0.25, 0.3) is 12.2 Å². The molecule has 1 aromatic heterocycles. The predicted octanol–water partition coefficient (Wildman–Crippen LogP) is 2.21. The Bertz CT molecular complexity index is 755. The van der Waals surface area contributed by atoms with Crippen molar-refractivity contribution in [3.63, 3.8) is 0 Å². The van der Waals surface area contributed by atoms with Crippen molar-refractivity contribution in [1.29, 1.82) is 0 Å². The molecule has 8 heteroatoms. The molecule has 102 valence electrons. The summed E-state index contributed by atoms with van der Waals surface area (Å²) < 4.78 is 0. The molecule has 1 aromatic carbocycles. The molecule has 1 heterocycles. The lowest BCUT2D eigenvalue weighted by Crippen LogP contribution is -2.14. The van der Waals surface area contributed by atoms with Crippen molar-refractivity contribution in [2.75, 3.05) is 0 Å². The highest BCUT2D eigenvalue weighted by Crippen LogP contribution is 2.19. The van der Waals surface area contributed by atoms with E-state index in [-0.39, 0.29) is 5.82 Å². The van der Waals surface area contributed by atoms with E-state index in [0.29, 0.717) is 10.6 Å². The molecule has 0 unspecified atom stereocenters. The second kappa shape index (κ2) is 5.54. The fraction of sp³-hybridized carbons (Fsp3) is 0. The Balaban J connectivity index is 2.39. The fourth-order valence-electron chi connectivity index (χ4n) is 1.49. The van der Waals surface area contributed by atoms with Gasteiger partial charge in [-0.05, 0) is 23.8 Å². The summed E-state index contributed by atoms with van der Waals surface area (Å²) in [5.41, 5.74) is -1.34. The maximum Gasteiger partial charge on any atom is 0.395 e. The number of benzene rings is 1. The molecule has 0 atom stereocenters. The van der Waals surface area contributed by atoms with E-state index in [0.717, 1.165) is 0 Å². The molecule has 0 bridgehead atoms. The molecule has 0 radical (unpaired) electrons. The standard InChI is InChI=1S/C12H8ClN3O4/c13-8-4-2-1-3-7(8)5-6-9-14-11(17)10(16(19)20)12(18)15-9/h1-6H,(H2,14,15,17,18)/b6-5-. The van der Waals surface area contributed by atoms with Crippen LogP contribution in [-0.4, -0.2) is 20.0 Å². The van der Waals surface area contributed by atoms with Crippen molar-refractivity contribution in [2.45, 2.75) is 0 Å². The molecular weight excluding hydrogens is 286 g/mol. The van der Waals surface area contributed by atoms with Crippen LogP contribution in [0.4, 0.5) is 5.69 Å². The van der Waals surface area contributed by atoms with Crippen molar-refractivity contribution >= 4 is 29.4 Å². The van der Waals surface area contributed by atoms with Gasteiger partial charge >= 0.3 is 11.2 Å². The average Bonchev–Trinajstić information content (AvgIpc) is 2.36. The molecular formula is C12H8ClN3O4. The highest BCUT2D eigenvalue weighted by atomic mass is 35.5. The van der Waals surface area contributed by atoms with Gasteiger partial charge in [-0.1, -0.05) is 29.8 Å². The Morgan fingerprint density at radius 3 is 2.65 bits per heavy atom. The van der Waals surface area contributed by atoms with Crippen molar-refractivity contribution in [3.05, 3.63) is 61.1 Å². The molecule has 0 aliphatic carbocycles. The normalized spacial score (nSPS) is 10.8. The highest BCUT2D eigenvalue weighted by Gasteiger charge is 2.21. The number of nitrogens with zero attached hydrogens (tertiary/aromatic N) is 2. The Hall–Kier alpha value is -2.67. The Morgan fingerprint density at radius 2 is 2.05 bits per heavy atom. The van der Waals surface area contributed by atoms with E-state index in [4.69, 9.17) is 11.6 Å². The maximum atomic E-state index is 11.4. The van der Waals surface area contributed by atoms with Gasteiger partial charge in [-0.3, -0.25) is 14.9 Å². The van der Waals surface area contributed by atoms with Gasteiger partial charge in [0, 0.05) is 5.02 Å². The van der Waals surface area contributed by atoms with Crippen LogP contribution in [0.3, 0.4) is 0 Å². The summed E-state index contributed by atoms with van der Waals surface area (Å²) in [7, 11) is 0. The minimum Gasteiger partial charge on any atom is -0.488 e. The van der Waals surface area contributed by atoms with Crippen molar-refractivity contribution in [3.8, 4) is 5.88 Å². The first kappa shape index (κ1) is 13.8. The molecule has 20 heavy (non-hydrogen) atoms. The third-order valence-corrected chi connectivity index (χ3v) is 2.75. The number of H-pyrrole nitrogens is 1. The summed E-state index contributed by atoms with van der Waals surface area (Å²) in [6, 6.07) is 6.96. The number of hydrogen-bond acceptors (Lipinski definition) is 5. The number of halogens is 1. The van der Waals surface area contributed by atoms with Crippen molar-refractivity contribution in [2.24, 2.45) is 0 Å². The molecule has 0 aliphatic rings. The summed E-state index contributed by atoms with van der Waals surface area (Å²) in [4.78, 5) is 26.7. The van der Waals surface area contributed by atoms with E-state index >= 15 is 0 Å². The molecule has 2 aromatic rings. The van der Waals surface area contributed by atoms with Crippen molar-refractivity contribution < 1.29 is 10.0 Å². The Morgan fingerprint density at radius 1 is 1.35 bits per heavy atom. The van der Waals surface area contributed by atoms with Crippen LogP contribution in [0, 0.1) is 10.1 Å². The number of hydrogen-bond donors (Lipinski definition) is 2. The van der Waals surface area contributed by atoms with Crippen LogP contribution in [0.5, 0.6) is 5.88 Å². The van der Waals surface area contributed by atoms with Gasteiger partial charge in [0.25, 0.3) is 5.88 Å². The van der Waals surface area contributed by atoms with Gasteiger partial charge in [-0.15, -0.1) is 0 Å². The van der Waals surface area contributed by atoms with Crippen LogP contribution < -0.4 is 5.56 Å².